The minimum Gasteiger partial charge on any atom is -0.497 e. The smallest absolute Gasteiger partial charge is 0.124 e. The second-order valence-corrected chi connectivity index (χ2v) is 6.66. The summed E-state index contributed by atoms with van der Waals surface area (Å²) in [6, 6.07) is 8.47. The molecule has 1 aromatic carbocycles. The third kappa shape index (κ3) is 1.95. The van der Waals surface area contributed by atoms with Crippen LogP contribution >= 0.6 is 11.3 Å². The van der Waals surface area contributed by atoms with Gasteiger partial charge in [0, 0.05) is 16.5 Å². The van der Waals surface area contributed by atoms with Gasteiger partial charge in [0.05, 0.1) is 7.11 Å². The van der Waals surface area contributed by atoms with Gasteiger partial charge in [-0.2, -0.15) is 0 Å². The summed E-state index contributed by atoms with van der Waals surface area (Å²) in [6.07, 6.45) is 5.64. The summed E-state index contributed by atoms with van der Waals surface area (Å²) >= 11 is 1.87. The van der Waals surface area contributed by atoms with Crippen LogP contribution in [0.25, 0.3) is 21.3 Å². The fraction of sp³-hybridized carbons (Fsp3) is 0.278. The maximum absolute atomic E-state index is 5.32. The number of aromatic nitrogens is 1. The quantitative estimate of drug-likeness (QED) is 0.679. The summed E-state index contributed by atoms with van der Waals surface area (Å²) in [5, 5.41) is 1.38. The van der Waals surface area contributed by atoms with Crippen LogP contribution in [0.15, 0.2) is 30.5 Å². The fourth-order valence-electron chi connectivity index (χ4n) is 3.31. The Morgan fingerprint density at radius 2 is 2.05 bits per heavy atom. The van der Waals surface area contributed by atoms with Crippen LogP contribution in [0.5, 0.6) is 5.75 Å². The van der Waals surface area contributed by atoms with Gasteiger partial charge in [-0.15, -0.1) is 11.3 Å². The topological polar surface area (TPSA) is 22.1 Å². The molecule has 0 amide bonds. The van der Waals surface area contributed by atoms with Crippen LogP contribution in [0.3, 0.4) is 0 Å². The van der Waals surface area contributed by atoms with E-state index in [0.717, 1.165) is 5.75 Å². The van der Waals surface area contributed by atoms with Gasteiger partial charge in [0.15, 0.2) is 0 Å². The average molecular weight is 295 g/mol. The van der Waals surface area contributed by atoms with Crippen molar-refractivity contribution in [2.75, 3.05) is 7.11 Å². The number of ether oxygens (including phenoxy) is 1. The molecule has 0 saturated heterocycles. The number of rotatable bonds is 2. The minimum atomic E-state index is 0.914. The normalized spacial score (nSPS) is 13.6. The zero-order valence-electron chi connectivity index (χ0n) is 12.3. The third-order valence-electron chi connectivity index (χ3n) is 4.33. The van der Waals surface area contributed by atoms with E-state index in [9.17, 15) is 0 Å². The van der Waals surface area contributed by atoms with E-state index < -0.39 is 0 Å². The van der Waals surface area contributed by atoms with Gasteiger partial charge in [-0.1, -0.05) is 6.07 Å². The number of hydrogen-bond acceptors (Lipinski definition) is 3. The summed E-state index contributed by atoms with van der Waals surface area (Å²) in [6.45, 7) is 2.15. The number of pyridine rings is 1. The highest BCUT2D eigenvalue weighted by atomic mass is 32.1. The molecule has 0 saturated carbocycles. The summed E-state index contributed by atoms with van der Waals surface area (Å²) in [5.74, 6) is 0.914. The minimum absolute atomic E-state index is 0.914. The van der Waals surface area contributed by atoms with Crippen molar-refractivity contribution in [3.05, 3.63) is 46.5 Å². The van der Waals surface area contributed by atoms with Crippen molar-refractivity contribution in [1.82, 2.24) is 4.98 Å². The second kappa shape index (κ2) is 4.85. The van der Waals surface area contributed by atoms with Crippen molar-refractivity contribution in [1.29, 1.82) is 0 Å². The molecule has 21 heavy (non-hydrogen) atoms. The van der Waals surface area contributed by atoms with Crippen LogP contribution < -0.4 is 4.74 Å². The van der Waals surface area contributed by atoms with Crippen molar-refractivity contribution in [3.8, 4) is 16.9 Å². The number of hydrogen-bond donors (Lipinski definition) is 0. The molecule has 1 aliphatic rings. The number of methoxy groups -OCH3 is 1. The van der Waals surface area contributed by atoms with Gasteiger partial charge in [-0.25, -0.2) is 4.98 Å². The molecule has 1 aliphatic carbocycles. The third-order valence-corrected chi connectivity index (χ3v) is 5.53. The molecule has 0 atom stereocenters. The monoisotopic (exact) mass is 295 g/mol. The average Bonchev–Trinajstić information content (AvgIpc) is 3.07. The standard InChI is InChI=1S/C18H17NOS/c1-11-10-12(20-2)6-7-13(11)14-8-9-19-18-17(14)15-4-3-5-16(15)21-18/h6-10H,3-5H2,1-2H3. The van der Waals surface area contributed by atoms with Crippen molar-refractivity contribution in [2.24, 2.45) is 0 Å². The lowest BCUT2D eigenvalue weighted by atomic mass is 9.96. The number of nitrogens with zero attached hydrogens (tertiary/aromatic N) is 1. The van der Waals surface area contributed by atoms with Crippen LogP contribution in [-0.2, 0) is 12.8 Å². The predicted octanol–water partition coefficient (Wildman–Crippen LogP) is 4.77. The molecule has 2 nitrogen and oxygen atoms in total. The van der Waals surface area contributed by atoms with Crippen molar-refractivity contribution < 1.29 is 4.74 Å². The van der Waals surface area contributed by atoms with Crippen molar-refractivity contribution in [2.45, 2.75) is 26.2 Å². The van der Waals surface area contributed by atoms with Gasteiger partial charge < -0.3 is 4.74 Å². The summed E-state index contributed by atoms with van der Waals surface area (Å²) in [7, 11) is 1.71. The zero-order chi connectivity index (χ0) is 14.4. The van der Waals surface area contributed by atoms with Gasteiger partial charge in [-0.3, -0.25) is 0 Å². The Labute approximate surface area is 128 Å². The Morgan fingerprint density at radius 1 is 1.14 bits per heavy atom. The van der Waals surface area contributed by atoms with E-state index in [1.807, 2.05) is 23.6 Å². The molecule has 0 N–H and O–H groups in total. The maximum Gasteiger partial charge on any atom is 0.124 e. The molecule has 0 bridgehead atoms. The van der Waals surface area contributed by atoms with Crippen molar-refractivity contribution in [3.63, 3.8) is 0 Å². The van der Waals surface area contributed by atoms with Crippen LogP contribution in [0.1, 0.15) is 22.4 Å². The SMILES string of the molecule is COc1ccc(-c2ccnc3sc4c(c23)CCC4)c(C)c1. The molecule has 2 heterocycles. The second-order valence-electron chi connectivity index (χ2n) is 5.58. The van der Waals surface area contributed by atoms with E-state index in [2.05, 4.69) is 30.1 Å². The summed E-state index contributed by atoms with van der Waals surface area (Å²) < 4.78 is 5.32. The van der Waals surface area contributed by atoms with Gasteiger partial charge >= 0.3 is 0 Å². The number of thiophene rings is 1. The molecule has 0 aliphatic heterocycles. The highest BCUT2D eigenvalue weighted by Gasteiger charge is 2.21. The molecule has 2 aromatic heterocycles. The van der Waals surface area contributed by atoms with E-state index in [1.165, 1.54) is 56.6 Å². The van der Waals surface area contributed by atoms with E-state index >= 15 is 0 Å². The fourth-order valence-corrected chi connectivity index (χ4v) is 4.57. The van der Waals surface area contributed by atoms with Crippen molar-refractivity contribution >= 4 is 21.6 Å². The maximum atomic E-state index is 5.32. The van der Waals surface area contributed by atoms with E-state index in [-0.39, 0.29) is 0 Å². The molecule has 0 unspecified atom stereocenters. The Hall–Kier alpha value is -1.87. The lowest BCUT2D eigenvalue weighted by Crippen LogP contribution is -1.89. The Balaban J connectivity index is 1.98. The van der Waals surface area contributed by atoms with Gasteiger partial charge in [0.25, 0.3) is 0 Å². The number of fused-ring (bicyclic) bond motifs is 3. The van der Waals surface area contributed by atoms with Gasteiger partial charge in [0.1, 0.15) is 10.6 Å². The Morgan fingerprint density at radius 3 is 2.86 bits per heavy atom. The van der Waals surface area contributed by atoms with E-state index in [1.54, 1.807) is 7.11 Å². The largest absolute Gasteiger partial charge is 0.497 e. The molecule has 4 rings (SSSR count). The predicted molar refractivity (Wildman–Crippen MR) is 88.4 cm³/mol. The molecular formula is C18H17NOS. The Bertz CT molecular complexity index is 835. The van der Waals surface area contributed by atoms with Gasteiger partial charge in [-0.05, 0) is 66.6 Å². The first-order chi connectivity index (χ1) is 10.3. The molecule has 0 fully saturated rings. The lowest BCUT2D eigenvalue weighted by Gasteiger charge is -2.10. The lowest BCUT2D eigenvalue weighted by molar-refractivity contribution is 0.414. The number of aryl methyl sites for hydroxylation is 3. The van der Waals surface area contributed by atoms with Gasteiger partial charge in [0.2, 0.25) is 0 Å². The number of benzene rings is 1. The molecule has 3 aromatic rings. The highest BCUT2D eigenvalue weighted by molar-refractivity contribution is 7.19. The highest BCUT2D eigenvalue weighted by Crippen LogP contribution is 2.42. The van der Waals surface area contributed by atoms with E-state index in [4.69, 9.17) is 4.74 Å². The summed E-state index contributed by atoms with van der Waals surface area (Å²) in [4.78, 5) is 7.31. The first kappa shape index (κ1) is 12.8. The first-order valence-corrected chi connectivity index (χ1v) is 8.14. The molecule has 3 heteroatoms. The molecular weight excluding hydrogens is 278 g/mol. The molecule has 0 radical (unpaired) electrons. The van der Waals surface area contributed by atoms with E-state index in [0.29, 0.717) is 0 Å². The summed E-state index contributed by atoms with van der Waals surface area (Å²) in [5.41, 5.74) is 5.39. The molecule has 0 spiro atoms. The van der Waals surface area contributed by atoms with Crippen LogP contribution in [0.4, 0.5) is 0 Å². The van der Waals surface area contributed by atoms with Crippen LogP contribution in [-0.4, -0.2) is 12.1 Å². The first-order valence-electron chi connectivity index (χ1n) is 7.32. The zero-order valence-corrected chi connectivity index (χ0v) is 13.1. The van der Waals surface area contributed by atoms with Crippen LogP contribution in [0, 0.1) is 6.92 Å². The van der Waals surface area contributed by atoms with Crippen LogP contribution in [0.2, 0.25) is 0 Å². The Kier molecular flexibility index (Phi) is 2.96. The molecule has 106 valence electrons.